The Labute approximate surface area is 146 Å². The van der Waals surface area contributed by atoms with Crippen LogP contribution in [0.4, 0.5) is 5.69 Å². The molecule has 0 spiro atoms. The molecule has 3 heterocycles. The average Bonchev–Trinajstić information content (AvgIpc) is 3.24. The minimum Gasteiger partial charge on any atom is -0.454 e. The van der Waals surface area contributed by atoms with E-state index in [1.54, 1.807) is 6.07 Å². The number of anilines is 1. The number of fused-ring (bicyclic) bond motifs is 1. The number of furan rings is 1. The van der Waals surface area contributed by atoms with Gasteiger partial charge < -0.3 is 9.32 Å². The third-order valence-corrected chi connectivity index (χ3v) is 4.71. The van der Waals surface area contributed by atoms with Crippen LogP contribution in [0.15, 0.2) is 46.9 Å². The molecule has 1 aromatic carbocycles. The molecule has 0 bridgehead atoms. The Morgan fingerprint density at radius 2 is 2.04 bits per heavy atom. The van der Waals surface area contributed by atoms with Crippen molar-refractivity contribution in [2.75, 3.05) is 4.90 Å². The first-order chi connectivity index (χ1) is 12.0. The highest BCUT2D eigenvalue weighted by atomic mass is 16.4. The lowest BCUT2D eigenvalue weighted by Crippen LogP contribution is -2.35. The van der Waals surface area contributed by atoms with Gasteiger partial charge in [0, 0.05) is 17.4 Å². The predicted octanol–water partition coefficient (Wildman–Crippen LogP) is 3.73. The van der Waals surface area contributed by atoms with Gasteiger partial charge >= 0.3 is 0 Å². The maximum Gasteiger partial charge on any atom is 0.294 e. The molecule has 0 N–H and O–H groups in total. The number of para-hydroxylation sites is 1. The summed E-state index contributed by atoms with van der Waals surface area (Å²) in [6, 6.07) is 13.8. The molecule has 5 nitrogen and oxygen atoms in total. The molecule has 5 heteroatoms. The molecule has 1 amide bonds. The largest absolute Gasteiger partial charge is 0.454 e. The zero-order valence-electron chi connectivity index (χ0n) is 14.7. The maximum absolute atomic E-state index is 13.0. The van der Waals surface area contributed by atoms with Gasteiger partial charge in [0.1, 0.15) is 5.76 Å². The van der Waals surface area contributed by atoms with Crippen molar-refractivity contribution in [3.8, 4) is 0 Å². The molecular formula is C20H21N3O2. The number of nitrogens with zero attached hydrogens (tertiary/aromatic N) is 3. The van der Waals surface area contributed by atoms with Crippen molar-refractivity contribution >= 4 is 11.6 Å². The van der Waals surface area contributed by atoms with Gasteiger partial charge in [0.05, 0.1) is 12.2 Å². The van der Waals surface area contributed by atoms with Crippen molar-refractivity contribution in [1.29, 1.82) is 0 Å². The number of hydrogen-bond donors (Lipinski definition) is 0. The number of aromatic nitrogens is 2. The van der Waals surface area contributed by atoms with E-state index in [0.717, 1.165) is 29.3 Å². The summed E-state index contributed by atoms with van der Waals surface area (Å²) in [6.07, 6.45) is 0.876. The second kappa shape index (κ2) is 5.92. The second-order valence-electron chi connectivity index (χ2n) is 6.71. The molecule has 1 aliphatic heterocycles. The Bertz CT molecular complexity index is 938. The van der Waals surface area contributed by atoms with Crippen LogP contribution in [0.3, 0.4) is 0 Å². The molecule has 0 fully saturated rings. The Balaban J connectivity index is 1.58. The van der Waals surface area contributed by atoms with Crippen LogP contribution in [0.2, 0.25) is 0 Å². The lowest BCUT2D eigenvalue weighted by Gasteiger charge is -2.21. The van der Waals surface area contributed by atoms with Crippen LogP contribution in [0.1, 0.15) is 40.2 Å². The van der Waals surface area contributed by atoms with Crippen LogP contribution in [0.5, 0.6) is 0 Å². The van der Waals surface area contributed by atoms with Gasteiger partial charge in [0.25, 0.3) is 5.91 Å². The normalized spacial score (nSPS) is 16.3. The summed E-state index contributed by atoms with van der Waals surface area (Å²) < 4.78 is 7.72. The van der Waals surface area contributed by atoms with Gasteiger partial charge in [-0.15, -0.1) is 0 Å². The van der Waals surface area contributed by atoms with Crippen molar-refractivity contribution < 1.29 is 9.21 Å². The number of hydrogen-bond acceptors (Lipinski definition) is 3. The molecule has 0 saturated carbocycles. The van der Waals surface area contributed by atoms with Crippen LogP contribution in [0.25, 0.3) is 0 Å². The quantitative estimate of drug-likeness (QED) is 0.733. The molecular weight excluding hydrogens is 314 g/mol. The highest BCUT2D eigenvalue weighted by molar-refractivity contribution is 6.06. The summed E-state index contributed by atoms with van der Waals surface area (Å²) in [6.45, 7) is 6.57. The second-order valence-corrected chi connectivity index (χ2v) is 6.71. The van der Waals surface area contributed by atoms with Crippen molar-refractivity contribution in [1.82, 2.24) is 9.78 Å². The molecule has 0 aliphatic carbocycles. The first-order valence-electron chi connectivity index (χ1n) is 8.54. The van der Waals surface area contributed by atoms with Crippen molar-refractivity contribution in [2.45, 2.75) is 39.8 Å². The molecule has 4 rings (SSSR count). The summed E-state index contributed by atoms with van der Waals surface area (Å²) >= 11 is 0. The van der Waals surface area contributed by atoms with Crippen molar-refractivity contribution in [3.63, 3.8) is 0 Å². The van der Waals surface area contributed by atoms with E-state index in [4.69, 9.17) is 4.42 Å². The molecule has 0 saturated heterocycles. The number of amides is 1. The number of carbonyl (C=O) groups is 1. The molecule has 0 unspecified atom stereocenters. The van der Waals surface area contributed by atoms with Gasteiger partial charge in [0.2, 0.25) is 0 Å². The summed E-state index contributed by atoms with van der Waals surface area (Å²) in [5.41, 5.74) is 4.24. The van der Waals surface area contributed by atoms with Gasteiger partial charge in [-0.1, -0.05) is 18.2 Å². The lowest BCUT2D eigenvalue weighted by atomic mass is 10.1. The zero-order chi connectivity index (χ0) is 17.6. The average molecular weight is 335 g/mol. The molecule has 25 heavy (non-hydrogen) atoms. The summed E-state index contributed by atoms with van der Waals surface area (Å²) in [5, 5.41) is 4.44. The predicted molar refractivity (Wildman–Crippen MR) is 95.9 cm³/mol. The van der Waals surface area contributed by atoms with E-state index >= 15 is 0 Å². The van der Waals surface area contributed by atoms with Gasteiger partial charge in [-0.25, -0.2) is 0 Å². The first kappa shape index (κ1) is 15.7. The highest BCUT2D eigenvalue weighted by Gasteiger charge is 2.32. The fourth-order valence-electron chi connectivity index (χ4n) is 3.55. The fraction of sp³-hybridized carbons (Fsp3) is 0.300. The minimum absolute atomic E-state index is 0.0860. The third-order valence-electron chi connectivity index (χ3n) is 4.71. The van der Waals surface area contributed by atoms with E-state index < -0.39 is 0 Å². The lowest BCUT2D eigenvalue weighted by molar-refractivity contribution is 0.0952. The van der Waals surface area contributed by atoms with Crippen LogP contribution in [-0.2, 0) is 13.0 Å². The maximum atomic E-state index is 13.0. The number of aryl methyl sites for hydroxylation is 2. The van der Waals surface area contributed by atoms with Crippen LogP contribution < -0.4 is 4.90 Å². The Kier molecular flexibility index (Phi) is 3.71. The minimum atomic E-state index is -0.0860. The summed E-state index contributed by atoms with van der Waals surface area (Å²) in [5.74, 6) is 1.02. The zero-order valence-corrected chi connectivity index (χ0v) is 14.7. The topological polar surface area (TPSA) is 51.3 Å². The van der Waals surface area contributed by atoms with Crippen LogP contribution in [0, 0.1) is 13.8 Å². The summed E-state index contributed by atoms with van der Waals surface area (Å²) in [7, 11) is 0. The van der Waals surface area contributed by atoms with Gasteiger partial charge in [-0.2, -0.15) is 5.10 Å². The van der Waals surface area contributed by atoms with Crippen molar-refractivity contribution in [2.24, 2.45) is 0 Å². The first-order valence-corrected chi connectivity index (χ1v) is 8.54. The Morgan fingerprint density at radius 1 is 1.24 bits per heavy atom. The van der Waals surface area contributed by atoms with E-state index in [0.29, 0.717) is 12.3 Å². The van der Waals surface area contributed by atoms with Gasteiger partial charge in [-0.05, 0) is 57.0 Å². The molecule has 1 atom stereocenters. The van der Waals surface area contributed by atoms with E-state index in [1.165, 1.54) is 5.56 Å². The Morgan fingerprint density at radius 3 is 2.80 bits per heavy atom. The monoisotopic (exact) mass is 335 g/mol. The summed E-state index contributed by atoms with van der Waals surface area (Å²) in [4.78, 5) is 14.8. The third kappa shape index (κ3) is 2.76. The van der Waals surface area contributed by atoms with Crippen LogP contribution >= 0.6 is 0 Å². The van der Waals surface area contributed by atoms with E-state index in [1.807, 2.05) is 53.8 Å². The molecule has 128 valence electrons. The van der Waals surface area contributed by atoms with E-state index in [9.17, 15) is 4.79 Å². The van der Waals surface area contributed by atoms with E-state index in [-0.39, 0.29) is 11.9 Å². The molecule has 2 aromatic heterocycles. The smallest absolute Gasteiger partial charge is 0.294 e. The van der Waals surface area contributed by atoms with Gasteiger partial charge in [-0.3, -0.25) is 9.48 Å². The highest BCUT2D eigenvalue weighted by Crippen LogP contribution is 2.33. The molecule has 1 aliphatic rings. The van der Waals surface area contributed by atoms with Crippen LogP contribution in [-0.4, -0.2) is 21.7 Å². The number of rotatable bonds is 3. The number of benzene rings is 1. The SMILES string of the molecule is Cc1cc(C)n(Cc2ccc(C(=O)N3c4ccccc4C[C@H]3C)o2)n1. The van der Waals surface area contributed by atoms with Gasteiger partial charge in [0.15, 0.2) is 5.76 Å². The fourth-order valence-corrected chi connectivity index (χ4v) is 3.55. The molecule has 3 aromatic rings. The Hall–Kier alpha value is -2.82. The standard InChI is InChI=1S/C20H21N3O2/c1-13-10-14(2)22(21-13)12-17-8-9-19(25-17)20(24)23-15(3)11-16-6-4-5-7-18(16)23/h4-10,15H,11-12H2,1-3H3/t15-/m1/s1. The van der Waals surface area contributed by atoms with Crippen molar-refractivity contribution in [3.05, 3.63) is 70.9 Å². The number of carbonyl (C=O) groups excluding carboxylic acids is 1. The van der Waals surface area contributed by atoms with E-state index in [2.05, 4.69) is 18.1 Å². The molecule has 0 radical (unpaired) electrons.